The van der Waals surface area contributed by atoms with Gasteiger partial charge in [0, 0.05) is 58.0 Å². The predicted octanol–water partition coefficient (Wildman–Crippen LogP) is 1.87. The van der Waals surface area contributed by atoms with Crippen LogP contribution in [0, 0.1) is 5.92 Å². The lowest BCUT2D eigenvalue weighted by molar-refractivity contribution is -0.0139. The minimum absolute atomic E-state index is 0. The van der Waals surface area contributed by atoms with E-state index >= 15 is 0 Å². The summed E-state index contributed by atoms with van der Waals surface area (Å²) in [4.78, 5) is 13.0. The fourth-order valence-electron chi connectivity index (χ4n) is 5.49. The third kappa shape index (κ3) is 6.21. The first-order valence-corrected chi connectivity index (χ1v) is 12.0. The average Bonchev–Trinajstić information content (AvgIpc) is 3.45. The number of morpholine rings is 1. The van der Waals surface area contributed by atoms with Crippen LogP contribution >= 0.6 is 24.0 Å². The van der Waals surface area contributed by atoms with Gasteiger partial charge in [-0.2, -0.15) is 0 Å². The predicted molar refractivity (Wildman–Crippen MR) is 132 cm³/mol. The Labute approximate surface area is 199 Å². The van der Waals surface area contributed by atoms with E-state index in [0.717, 1.165) is 90.4 Å². The third-order valence-corrected chi connectivity index (χ3v) is 7.26. The zero-order valence-corrected chi connectivity index (χ0v) is 21.1. The van der Waals surface area contributed by atoms with Crippen LogP contribution < -0.4 is 5.32 Å². The Hall–Kier alpha value is -0.160. The molecule has 1 atom stereocenters. The van der Waals surface area contributed by atoms with Crippen molar-refractivity contribution in [1.29, 1.82) is 0 Å². The first kappa shape index (κ1) is 24.5. The van der Waals surface area contributed by atoms with Gasteiger partial charge in [-0.25, -0.2) is 0 Å². The van der Waals surface area contributed by atoms with Gasteiger partial charge >= 0.3 is 0 Å². The molecule has 7 nitrogen and oxygen atoms in total. The molecule has 4 saturated heterocycles. The topological polar surface area (TPSA) is 52.6 Å². The van der Waals surface area contributed by atoms with E-state index in [2.05, 4.69) is 26.9 Å². The van der Waals surface area contributed by atoms with Crippen molar-refractivity contribution in [2.45, 2.75) is 44.6 Å². The lowest BCUT2D eigenvalue weighted by atomic mass is 9.88. The van der Waals surface area contributed by atoms with E-state index in [-0.39, 0.29) is 29.5 Å². The SMILES string of the molecule is CCNC(=NCC1(N2CCCC2)CCOCC1)N1CCC(CN2CCOCC2)C1.I. The van der Waals surface area contributed by atoms with Crippen LogP contribution in [0.5, 0.6) is 0 Å². The first-order valence-electron chi connectivity index (χ1n) is 12.0. The maximum absolute atomic E-state index is 5.71. The fraction of sp³-hybridized carbons (Fsp3) is 0.955. The van der Waals surface area contributed by atoms with Crippen molar-refractivity contribution >= 4 is 29.9 Å². The highest BCUT2D eigenvalue weighted by atomic mass is 127. The number of likely N-dealkylation sites (tertiary alicyclic amines) is 2. The van der Waals surface area contributed by atoms with Crippen LogP contribution in [0.15, 0.2) is 4.99 Å². The lowest BCUT2D eigenvalue weighted by Gasteiger charge is -2.43. The second kappa shape index (κ2) is 12.2. The monoisotopic (exact) mass is 535 g/mol. The largest absolute Gasteiger partial charge is 0.381 e. The van der Waals surface area contributed by atoms with E-state index in [0.29, 0.717) is 0 Å². The quantitative estimate of drug-likeness (QED) is 0.319. The van der Waals surface area contributed by atoms with Crippen LogP contribution in [-0.4, -0.2) is 112 Å². The molecule has 174 valence electrons. The van der Waals surface area contributed by atoms with Crippen molar-refractivity contribution in [3.05, 3.63) is 0 Å². The zero-order valence-electron chi connectivity index (χ0n) is 18.8. The molecular formula is C22H42IN5O2. The number of aliphatic imine (C=N–C) groups is 1. The molecule has 0 aromatic rings. The molecule has 8 heteroatoms. The normalized spacial score (nSPS) is 28.5. The molecule has 4 heterocycles. The van der Waals surface area contributed by atoms with E-state index < -0.39 is 0 Å². The Morgan fingerprint density at radius 1 is 1.00 bits per heavy atom. The third-order valence-electron chi connectivity index (χ3n) is 7.26. The van der Waals surface area contributed by atoms with Crippen molar-refractivity contribution in [1.82, 2.24) is 20.0 Å². The van der Waals surface area contributed by atoms with E-state index in [1.165, 1.54) is 38.9 Å². The van der Waals surface area contributed by atoms with E-state index in [9.17, 15) is 0 Å². The molecule has 0 radical (unpaired) electrons. The number of nitrogens with zero attached hydrogens (tertiary/aromatic N) is 4. The summed E-state index contributed by atoms with van der Waals surface area (Å²) in [6.07, 6.45) is 6.18. The summed E-state index contributed by atoms with van der Waals surface area (Å²) in [7, 11) is 0. The minimum Gasteiger partial charge on any atom is -0.381 e. The smallest absolute Gasteiger partial charge is 0.193 e. The van der Waals surface area contributed by atoms with Crippen LogP contribution in [0.3, 0.4) is 0 Å². The summed E-state index contributed by atoms with van der Waals surface area (Å²) >= 11 is 0. The van der Waals surface area contributed by atoms with Gasteiger partial charge in [0.15, 0.2) is 5.96 Å². The van der Waals surface area contributed by atoms with Gasteiger partial charge in [0.25, 0.3) is 0 Å². The lowest BCUT2D eigenvalue weighted by Crippen LogP contribution is -2.54. The van der Waals surface area contributed by atoms with E-state index in [1.54, 1.807) is 0 Å². The molecule has 4 fully saturated rings. The van der Waals surface area contributed by atoms with Crippen molar-refractivity contribution in [2.24, 2.45) is 10.9 Å². The number of ether oxygens (including phenoxy) is 2. The van der Waals surface area contributed by atoms with Crippen molar-refractivity contribution < 1.29 is 9.47 Å². The van der Waals surface area contributed by atoms with Crippen molar-refractivity contribution in [2.75, 3.05) is 85.3 Å². The highest BCUT2D eigenvalue weighted by Gasteiger charge is 2.40. The fourth-order valence-corrected chi connectivity index (χ4v) is 5.49. The molecule has 4 aliphatic rings. The van der Waals surface area contributed by atoms with Crippen molar-refractivity contribution in [3.8, 4) is 0 Å². The number of hydrogen-bond acceptors (Lipinski definition) is 5. The maximum atomic E-state index is 5.71. The Bertz CT molecular complexity index is 532. The van der Waals surface area contributed by atoms with Gasteiger partial charge in [0.2, 0.25) is 0 Å². The number of nitrogens with one attached hydrogen (secondary N) is 1. The second-order valence-electron chi connectivity index (χ2n) is 9.21. The van der Waals surface area contributed by atoms with Gasteiger partial charge in [-0.05, 0) is 58.0 Å². The van der Waals surface area contributed by atoms with E-state index in [1.807, 2.05) is 0 Å². The molecule has 30 heavy (non-hydrogen) atoms. The van der Waals surface area contributed by atoms with Crippen LogP contribution in [0.1, 0.15) is 39.0 Å². The summed E-state index contributed by atoms with van der Waals surface area (Å²) in [6.45, 7) is 15.7. The molecule has 1 N–H and O–H groups in total. The summed E-state index contributed by atoms with van der Waals surface area (Å²) in [5.74, 6) is 1.87. The zero-order chi connectivity index (χ0) is 19.9. The van der Waals surface area contributed by atoms with Crippen molar-refractivity contribution in [3.63, 3.8) is 0 Å². The molecule has 0 spiro atoms. The Kier molecular flexibility index (Phi) is 9.94. The minimum atomic E-state index is 0. The van der Waals surface area contributed by atoms with Gasteiger partial charge in [-0.15, -0.1) is 24.0 Å². The van der Waals surface area contributed by atoms with E-state index in [4.69, 9.17) is 14.5 Å². The molecule has 4 rings (SSSR count). The molecule has 0 bridgehead atoms. The molecule has 1 unspecified atom stereocenters. The standard InChI is InChI=1S/C22H41N5O2.HI/c1-2-23-21(26-10-5-20(18-26)17-25-11-15-29-16-12-25)24-19-22(6-13-28-14-7-22)27-8-3-4-9-27;/h20H,2-19H2,1H3,(H,23,24);1H. The summed E-state index contributed by atoms with van der Waals surface area (Å²) in [5, 5.41) is 3.59. The second-order valence-corrected chi connectivity index (χ2v) is 9.21. The molecule has 0 aliphatic carbocycles. The number of rotatable bonds is 6. The van der Waals surface area contributed by atoms with Crippen LogP contribution in [0.25, 0.3) is 0 Å². The Morgan fingerprint density at radius 2 is 1.70 bits per heavy atom. The van der Waals surface area contributed by atoms with Crippen LogP contribution in [-0.2, 0) is 9.47 Å². The average molecular weight is 536 g/mol. The first-order chi connectivity index (χ1) is 14.3. The summed E-state index contributed by atoms with van der Waals surface area (Å²) in [6, 6.07) is 0. The highest BCUT2D eigenvalue weighted by molar-refractivity contribution is 14.0. The molecule has 0 aromatic heterocycles. The number of halogens is 1. The van der Waals surface area contributed by atoms with Gasteiger partial charge in [0.1, 0.15) is 0 Å². The maximum Gasteiger partial charge on any atom is 0.193 e. The number of hydrogen-bond donors (Lipinski definition) is 1. The molecule has 0 aromatic carbocycles. The molecule has 0 saturated carbocycles. The van der Waals surface area contributed by atoms with Crippen LogP contribution in [0.2, 0.25) is 0 Å². The molecule has 0 amide bonds. The van der Waals surface area contributed by atoms with Gasteiger partial charge in [0.05, 0.1) is 19.8 Å². The van der Waals surface area contributed by atoms with Crippen LogP contribution in [0.4, 0.5) is 0 Å². The van der Waals surface area contributed by atoms with Gasteiger partial charge in [-0.1, -0.05) is 0 Å². The molecular weight excluding hydrogens is 493 g/mol. The van der Waals surface area contributed by atoms with Gasteiger partial charge in [-0.3, -0.25) is 14.8 Å². The summed E-state index contributed by atoms with van der Waals surface area (Å²) in [5.41, 5.74) is 0.211. The molecule has 4 aliphatic heterocycles. The number of guanidine groups is 1. The Balaban J connectivity index is 0.00000256. The Morgan fingerprint density at radius 3 is 2.40 bits per heavy atom. The highest BCUT2D eigenvalue weighted by Crippen LogP contribution is 2.32. The van der Waals surface area contributed by atoms with Gasteiger partial charge < -0.3 is 19.7 Å². The summed E-state index contributed by atoms with van der Waals surface area (Å²) < 4.78 is 11.2.